The first-order chi connectivity index (χ1) is 11.6. The molecule has 0 N–H and O–H groups in total. The number of amides is 1. The van der Waals surface area contributed by atoms with E-state index in [1.165, 1.54) is 17.7 Å². The van der Waals surface area contributed by atoms with Gasteiger partial charge in [0, 0.05) is 43.3 Å². The zero-order chi connectivity index (χ0) is 16.9. The van der Waals surface area contributed by atoms with Crippen molar-refractivity contribution in [3.63, 3.8) is 0 Å². The molecule has 1 aliphatic heterocycles. The molecular weight excluding hydrogens is 327 g/mol. The van der Waals surface area contributed by atoms with Gasteiger partial charge in [0.1, 0.15) is 5.82 Å². The fourth-order valence-electron chi connectivity index (χ4n) is 2.98. The van der Waals surface area contributed by atoms with Crippen molar-refractivity contribution >= 4 is 17.5 Å². The molecule has 2 aromatic carbocycles. The summed E-state index contributed by atoms with van der Waals surface area (Å²) >= 11 is 5.92. The van der Waals surface area contributed by atoms with E-state index < -0.39 is 0 Å². The summed E-state index contributed by atoms with van der Waals surface area (Å²) in [7, 11) is 0. The van der Waals surface area contributed by atoms with Gasteiger partial charge in [0.05, 0.1) is 0 Å². The first-order valence-electron chi connectivity index (χ1n) is 8.13. The van der Waals surface area contributed by atoms with Gasteiger partial charge in [0.2, 0.25) is 0 Å². The number of nitrogens with zero attached hydrogens (tertiary/aromatic N) is 2. The molecule has 0 aliphatic carbocycles. The molecule has 1 aliphatic rings. The third kappa shape index (κ3) is 4.34. The van der Waals surface area contributed by atoms with E-state index >= 15 is 0 Å². The van der Waals surface area contributed by atoms with Crippen LogP contribution < -0.4 is 0 Å². The molecule has 24 heavy (non-hydrogen) atoms. The van der Waals surface area contributed by atoms with E-state index in [1.807, 2.05) is 29.2 Å². The van der Waals surface area contributed by atoms with E-state index in [4.69, 9.17) is 11.6 Å². The first-order valence-corrected chi connectivity index (χ1v) is 8.51. The average Bonchev–Trinajstić information content (AvgIpc) is 2.82. The van der Waals surface area contributed by atoms with E-state index in [-0.39, 0.29) is 11.7 Å². The van der Waals surface area contributed by atoms with Gasteiger partial charge in [-0.05, 0) is 42.3 Å². The summed E-state index contributed by atoms with van der Waals surface area (Å²) in [5, 5.41) is 0.737. The van der Waals surface area contributed by atoms with Crippen molar-refractivity contribution in [2.45, 2.75) is 13.0 Å². The lowest BCUT2D eigenvalue weighted by molar-refractivity contribution is 0.0760. The van der Waals surface area contributed by atoms with Crippen molar-refractivity contribution in [1.29, 1.82) is 0 Å². The standard InChI is InChI=1S/C19H20ClFN2O/c20-17-7-5-15(6-8-17)14-22-9-2-10-23(12-11-22)19(24)16-3-1-4-18(21)13-16/h1,3-8,13H,2,9-12,14H2. The molecule has 0 saturated carbocycles. The summed E-state index contributed by atoms with van der Waals surface area (Å²) in [5.74, 6) is -0.470. The quantitative estimate of drug-likeness (QED) is 0.843. The number of hydrogen-bond acceptors (Lipinski definition) is 2. The molecule has 1 heterocycles. The Morgan fingerprint density at radius 1 is 1.04 bits per heavy atom. The van der Waals surface area contributed by atoms with Crippen LogP contribution in [0.25, 0.3) is 0 Å². The van der Waals surface area contributed by atoms with Crippen LogP contribution in [0, 0.1) is 5.82 Å². The van der Waals surface area contributed by atoms with Crippen molar-refractivity contribution in [1.82, 2.24) is 9.80 Å². The number of carbonyl (C=O) groups is 1. The van der Waals surface area contributed by atoms with Crippen LogP contribution in [0.2, 0.25) is 5.02 Å². The van der Waals surface area contributed by atoms with Crippen molar-refractivity contribution in [2.75, 3.05) is 26.2 Å². The summed E-state index contributed by atoms with van der Waals surface area (Å²) < 4.78 is 13.3. The highest BCUT2D eigenvalue weighted by Crippen LogP contribution is 2.14. The van der Waals surface area contributed by atoms with Crippen LogP contribution in [0.3, 0.4) is 0 Å². The largest absolute Gasteiger partial charge is 0.337 e. The first kappa shape index (κ1) is 16.9. The lowest BCUT2D eigenvalue weighted by Gasteiger charge is -2.22. The molecule has 1 fully saturated rings. The van der Waals surface area contributed by atoms with Crippen LogP contribution in [0.1, 0.15) is 22.3 Å². The molecule has 3 rings (SSSR count). The highest BCUT2D eigenvalue weighted by molar-refractivity contribution is 6.30. The van der Waals surface area contributed by atoms with Gasteiger partial charge in [-0.3, -0.25) is 9.69 Å². The van der Waals surface area contributed by atoms with Gasteiger partial charge in [0.25, 0.3) is 5.91 Å². The topological polar surface area (TPSA) is 23.6 Å². The molecule has 126 valence electrons. The lowest BCUT2D eigenvalue weighted by atomic mass is 10.2. The highest BCUT2D eigenvalue weighted by atomic mass is 35.5. The molecule has 5 heteroatoms. The van der Waals surface area contributed by atoms with Crippen LogP contribution in [0.5, 0.6) is 0 Å². The Labute approximate surface area is 146 Å². The number of halogens is 2. The second-order valence-corrected chi connectivity index (χ2v) is 6.50. The Bertz CT molecular complexity index is 705. The van der Waals surface area contributed by atoms with Gasteiger partial charge < -0.3 is 4.90 Å². The van der Waals surface area contributed by atoms with Gasteiger partial charge in [-0.15, -0.1) is 0 Å². The van der Waals surface area contributed by atoms with E-state index in [2.05, 4.69) is 4.90 Å². The summed E-state index contributed by atoms with van der Waals surface area (Å²) in [6.07, 6.45) is 0.911. The molecule has 0 atom stereocenters. The Balaban J connectivity index is 1.60. The molecule has 0 unspecified atom stereocenters. The minimum Gasteiger partial charge on any atom is -0.337 e. The third-order valence-electron chi connectivity index (χ3n) is 4.27. The maximum atomic E-state index is 13.3. The maximum Gasteiger partial charge on any atom is 0.254 e. The number of rotatable bonds is 3. The van der Waals surface area contributed by atoms with E-state index in [0.29, 0.717) is 18.7 Å². The monoisotopic (exact) mass is 346 g/mol. The zero-order valence-electron chi connectivity index (χ0n) is 13.4. The summed E-state index contributed by atoms with van der Waals surface area (Å²) in [4.78, 5) is 16.7. The lowest BCUT2D eigenvalue weighted by Crippen LogP contribution is -2.35. The van der Waals surface area contributed by atoms with Gasteiger partial charge in [-0.1, -0.05) is 29.8 Å². The smallest absolute Gasteiger partial charge is 0.254 e. The average molecular weight is 347 g/mol. The molecule has 2 aromatic rings. The van der Waals surface area contributed by atoms with E-state index in [9.17, 15) is 9.18 Å². The van der Waals surface area contributed by atoms with Gasteiger partial charge in [0.15, 0.2) is 0 Å². The zero-order valence-corrected chi connectivity index (χ0v) is 14.2. The molecule has 1 amide bonds. The van der Waals surface area contributed by atoms with Crippen LogP contribution >= 0.6 is 11.6 Å². The Hall–Kier alpha value is -1.91. The highest BCUT2D eigenvalue weighted by Gasteiger charge is 2.20. The Morgan fingerprint density at radius 2 is 1.83 bits per heavy atom. The number of benzene rings is 2. The summed E-state index contributed by atoms with van der Waals surface area (Å²) in [6, 6.07) is 13.8. The molecule has 0 radical (unpaired) electrons. The minimum absolute atomic E-state index is 0.0946. The van der Waals surface area contributed by atoms with Crippen molar-refractivity contribution in [3.05, 3.63) is 70.5 Å². The predicted molar refractivity (Wildman–Crippen MR) is 93.6 cm³/mol. The maximum absolute atomic E-state index is 13.3. The minimum atomic E-state index is -0.375. The fraction of sp³-hybridized carbons (Fsp3) is 0.316. The van der Waals surface area contributed by atoms with E-state index in [1.54, 1.807) is 12.1 Å². The summed E-state index contributed by atoms with van der Waals surface area (Å²) in [5.41, 5.74) is 1.63. The normalized spacial score (nSPS) is 16.0. The third-order valence-corrected chi connectivity index (χ3v) is 4.52. The number of carbonyl (C=O) groups excluding carboxylic acids is 1. The van der Waals surface area contributed by atoms with Crippen molar-refractivity contribution < 1.29 is 9.18 Å². The van der Waals surface area contributed by atoms with Crippen LogP contribution in [-0.2, 0) is 6.54 Å². The van der Waals surface area contributed by atoms with Crippen molar-refractivity contribution in [2.24, 2.45) is 0 Å². The van der Waals surface area contributed by atoms with Gasteiger partial charge in [-0.25, -0.2) is 4.39 Å². The molecule has 0 aromatic heterocycles. The van der Waals surface area contributed by atoms with E-state index in [0.717, 1.165) is 31.1 Å². The summed E-state index contributed by atoms with van der Waals surface area (Å²) in [6.45, 7) is 3.95. The van der Waals surface area contributed by atoms with Crippen molar-refractivity contribution in [3.8, 4) is 0 Å². The van der Waals surface area contributed by atoms with Crippen LogP contribution in [0.4, 0.5) is 4.39 Å². The second-order valence-electron chi connectivity index (χ2n) is 6.06. The SMILES string of the molecule is O=C(c1cccc(F)c1)N1CCCN(Cc2ccc(Cl)cc2)CC1. The van der Waals surface area contributed by atoms with Crippen LogP contribution in [0.15, 0.2) is 48.5 Å². The molecule has 3 nitrogen and oxygen atoms in total. The predicted octanol–water partition coefficient (Wildman–Crippen LogP) is 3.83. The fourth-order valence-corrected chi connectivity index (χ4v) is 3.11. The Morgan fingerprint density at radius 3 is 2.58 bits per heavy atom. The molecule has 0 spiro atoms. The number of hydrogen-bond donors (Lipinski definition) is 0. The Kier molecular flexibility index (Phi) is 5.48. The molecule has 1 saturated heterocycles. The van der Waals surface area contributed by atoms with Gasteiger partial charge >= 0.3 is 0 Å². The van der Waals surface area contributed by atoms with Crippen LogP contribution in [-0.4, -0.2) is 41.9 Å². The second kappa shape index (κ2) is 7.77. The van der Waals surface area contributed by atoms with Gasteiger partial charge in [-0.2, -0.15) is 0 Å². The molecular formula is C19H20ClFN2O. The molecule has 0 bridgehead atoms.